The molecule has 0 aromatic heterocycles. The lowest BCUT2D eigenvalue weighted by Gasteiger charge is -2.37. The van der Waals surface area contributed by atoms with E-state index in [-0.39, 0.29) is 36.0 Å². The third-order valence-corrected chi connectivity index (χ3v) is 5.93. The summed E-state index contributed by atoms with van der Waals surface area (Å²) in [6.07, 6.45) is 1.38. The average Bonchev–Trinajstić information content (AvgIpc) is 2.55. The Morgan fingerprint density at radius 3 is 2.48 bits per heavy atom. The Morgan fingerprint density at radius 2 is 1.96 bits per heavy atom. The van der Waals surface area contributed by atoms with Gasteiger partial charge in [-0.15, -0.1) is 12.4 Å². The normalized spacial score (nSPS) is 22.4. The largest absolute Gasteiger partial charge is 0.494 e. The summed E-state index contributed by atoms with van der Waals surface area (Å²) < 4.78 is 37.8. The van der Waals surface area contributed by atoms with Crippen LogP contribution in [-0.2, 0) is 14.8 Å². The van der Waals surface area contributed by atoms with Crippen LogP contribution in [0, 0.1) is 0 Å². The SMILES string of the molecule is CCOc1ccc(S(=O)(=O)N2CCC(OC)CC2CN)cc1.Cl. The van der Waals surface area contributed by atoms with Gasteiger partial charge in [-0.1, -0.05) is 0 Å². The highest BCUT2D eigenvalue weighted by atomic mass is 35.5. The van der Waals surface area contributed by atoms with E-state index < -0.39 is 10.0 Å². The number of nitrogens with zero attached hydrogens (tertiary/aromatic N) is 1. The zero-order valence-electron chi connectivity index (χ0n) is 13.5. The maximum absolute atomic E-state index is 12.8. The summed E-state index contributed by atoms with van der Waals surface area (Å²) in [6.45, 7) is 3.15. The third-order valence-electron chi connectivity index (χ3n) is 3.96. The first kappa shape index (κ1) is 20.2. The number of nitrogens with two attached hydrogens (primary N) is 1. The number of benzene rings is 1. The Bertz CT molecular complexity index is 580. The lowest BCUT2D eigenvalue weighted by molar-refractivity contribution is 0.0401. The van der Waals surface area contributed by atoms with Gasteiger partial charge in [-0.2, -0.15) is 4.31 Å². The van der Waals surface area contributed by atoms with Gasteiger partial charge < -0.3 is 15.2 Å². The fourth-order valence-electron chi connectivity index (χ4n) is 2.75. The predicted molar refractivity (Wildman–Crippen MR) is 91.6 cm³/mol. The minimum atomic E-state index is -3.54. The van der Waals surface area contributed by atoms with Gasteiger partial charge in [-0.25, -0.2) is 8.42 Å². The Balaban J connectivity index is 0.00000264. The van der Waals surface area contributed by atoms with Crippen LogP contribution in [0.2, 0.25) is 0 Å². The first-order valence-corrected chi connectivity index (χ1v) is 8.94. The Morgan fingerprint density at radius 1 is 1.30 bits per heavy atom. The van der Waals surface area contributed by atoms with Gasteiger partial charge in [-0.05, 0) is 44.0 Å². The molecule has 1 saturated heterocycles. The van der Waals surface area contributed by atoms with E-state index in [1.807, 2.05) is 6.92 Å². The summed E-state index contributed by atoms with van der Waals surface area (Å²) in [7, 11) is -1.90. The minimum absolute atomic E-state index is 0. The van der Waals surface area contributed by atoms with Crippen LogP contribution in [0.3, 0.4) is 0 Å². The maximum Gasteiger partial charge on any atom is 0.243 e. The van der Waals surface area contributed by atoms with E-state index in [0.29, 0.717) is 31.7 Å². The highest BCUT2D eigenvalue weighted by Crippen LogP contribution is 2.27. The molecule has 1 aliphatic heterocycles. The summed E-state index contributed by atoms with van der Waals surface area (Å²) in [5, 5.41) is 0. The molecule has 2 atom stereocenters. The molecule has 0 saturated carbocycles. The number of piperidine rings is 1. The molecule has 0 amide bonds. The van der Waals surface area contributed by atoms with E-state index in [0.717, 1.165) is 0 Å². The quantitative estimate of drug-likeness (QED) is 0.829. The summed E-state index contributed by atoms with van der Waals surface area (Å²) in [4.78, 5) is 0.269. The first-order valence-electron chi connectivity index (χ1n) is 7.50. The summed E-state index contributed by atoms with van der Waals surface area (Å²) in [6, 6.07) is 6.29. The Labute approximate surface area is 144 Å². The molecule has 1 aromatic rings. The number of ether oxygens (including phenoxy) is 2. The van der Waals surface area contributed by atoms with Gasteiger partial charge in [0.1, 0.15) is 5.75 Å². The Hall–Kier alpha value is -0.860. The van der Waals surface area contributed by atoms with Gasteiger partial charge in [0.2, 0.25) is 10.0 Å². The summed E-state index contributed by atoms with van der Waals surface area (Å²) >= 11 is 0. The molecule has 8 heteroatoms. The second-order valence-electron chi connectivity index (χ2n) is 5.29. The zero-order chi connectivity index (χ0) is 16.2. The van der Waals surface area contributed by atoms with E-state index >= 15 is 0 Å². The van der Waals surface area contributed by atoms with Gasteiger partial charge in [0.05, 0.1) is 17.6 Å². The average molecular weight is 365 g/mol. The van der Waals surface area contributed by atoms with Crippen molar-refractivity contribution in [1.82, 2.24) is 4.31 Å². The molecule has 0 aliphatic carbocycles. The molecule has 2 unspecified atom stereocenters. The van der Waals surface area contributed by atoms with Crippen molar-refractivity contribution in [3.63, 3.8) is 0 Å². The molecule has 1 heterocycles. The number of sulfonamides is 1. The lowest BCUT2D eigenvalue weighted by Crippen LogP contribution is -2.51. The van der Waals surface area contributed by atoms with Crippen molar-refractivity contribution in [3.05, 3.63) is 24.3 Å². The number of halogens is 1. The van der Waals surface area contributed by atoms with Crippen LogP contribution in [0.25, 0.3) is 0 Å². The van der Waals surface area contributed by atoms with E-state index in [1.165, 1.54) is 4.31 Å². The predicted octanol–water partition coefficient (Wildman–Crippen LogP) is 1.63. The van der Waals surface area contributed by atoms with Crippen LogP contribution in [-0.4, -0.2) is 51.7 Å². The van der Waals surface area contributed by atoms with Crippen molar-refractivity contribution in [2.45, 2.75) is 36.8 Å². The Kier molecular flexibility index (Phi) is 7.76. The van der Waals surface area contributed by atoms with Crippen molar-refractivity contribution in [2.24, 2.45) is 5.73 Å². The molecule has 2 rings (SSSR count). The number of hydrogen-bond acceptors (Lipinski definition) is 5. The van der Waals surface area contributed by atoms with Crippen LogP contribution < -0.4 is 10.5 Å². The molecular weight excluding hydrogens is 340 g/mol. The summed E-state index contributed by atoms with van der Waals surface area (Å²) in [5.74, 6) is 0.662. The summed E-state index contributed by atoms with van der Waals surface area (Å²) in [5.41, 5.74) is 5.77. The second-order valence-corrected chi connectivity index (χ2v) is 7.18. The molecular formula is C15H25ClN2O4S. The van der Waals surface area contributed by atoms with E-state index in [2.05, 4.69) is 0 Å². The fraction of sp³-hybridized carbons (Fsp3) is 0.600. The number of methoxy groups -OCH3 is 1. The van der Waals surface area contributed by atoms with Crippen LogP contribution in [0.15, 0.2) is 29.2 Å². The lowest BCUT2D eigenvalue weighted by atomic mass is 10.0. The molecule has 1 aliphatic rings. The van der Waals surface area contributed by atoms with Crippen molar-refractivity contribution in [2.75, 3.05) is 26.8 Å². The van der Waals surface area contributed by atoms with Crippen LogP contribution >= 0.6 is 12.4 Å². The highest BCUT2D eigenvalue weighted by Gasteiger charge is 2.36. The standard InChI is InChI=1S/C15H24N2O4S.ClH/c1-3-21-13-4-6-15(7-5-13)22(18,19)17-9-8-14(20-2)10-12(17)11-16;/h4-7,12,14H,3,8-11,16H2,1-2H3;1H. The van der Waals surface area contributed by atoms with Crippen molar-refractivity contribution in [3.8, 4) is 5.75 Å². The molecule has 0 spiro atoms. The maximum atomic E-state index is 12.8. The van der Waals surface area contributed by atoms with Crippen molar-refractivity contribution >= 4 is 22.4 Å². The van der Waals surface area contributed by atoms with Crippen LogP contribution in [0.5, 0.6) is 5.75 Å². The van der Waals surface area contributed by atoms with Crippen LogP contribution in [0.4, 0.5) is 0 Å². The molecule has 6 nitrogen and oxygen atoms in total. The van der Waals surface area contributed by atoms with Crippen molar-refractivity contribution in [1.29, 1.82) is 0 Å². The van der Waals surface area contributed by atoms with Gasteiger partial charge >= 0.3 is 0 Å². The third kappa shape index (κ3) is 4.58. The second kappa shape index (κ2) is 8.84. The van der Waals surface area contributed by atoms with E-state index in [1.54, 1.807) is 31.4 Å². The van der Waals surface area contributed by atoms with Gasteiger partial charge in [-0.3, -0.25) is 0 Å². The molecule has 0 radical (unpaired) electrons. The van der Waals surface area contributed by atoms with E-state index in [9.17, 15) is 8.42 Å². The minimum Gasteiger partial charge on any atom is -0.494 e. The van der Waals surface area contributed by atoms with Crippen molar-refractivity contribution < 1.29 is 17.9 Å². The smallest absolute Gasteiger partial charge is 0.243 e. The topological polar surface area (TPSA) is 81.9 Å². The number of hydrogen-bond donors (Lipinski definition) is 1. The monoisotopic (exact) mass is 364 g/mol. The van der Waals surface area contributed by atoms with Crippen LogP contribution in [0.1, 0.15) is 19.8 Å². The molecule has 1 aromatic carbocycles. The van der Waals surface area contributed by atoms with Gasteiger partial charge in [0.15, 0.2) is 0 Å². The zero-order valence-corrected chi connectivity index (χ0v) is 15.1. The molecule has 132 valence electrons. The van der Waals surface area contributed by atoms with Gasteiger partial charge in [0.25, 0.3) is 0 Å². The fourth-order valence-corrected chi connectivity index (χ4v) is 4.41. The van der Waals surface area contributed by atoms with E-state index in [4.69, 9.17) is 15.2 Å². The highest BCUT2D eigenvalue weighted by molar-refractivity contribution is 7.89. The molecule has 2 N–H and O–H groups in total. The molecule has 0 bridgehead atoms. The van der Waals surface area contributed by atoms with Gasteiger partial charge in [0, 0.05) is 26.2 Å². The first-order chi connectivity index (χ1) is 10.5. The molecule has 1 fully saturated rings. The molecule has 23 heavy (non-hydrogen) atoms. The number of rotatable bonds is 6.